The van der Waals surface area contributed by atoms with Crippen LogP contribution in [0.4, 0.5) is 8.78 Å². The van der Waals surface area contributed by atoms with E-state index in [0.29, 0.717) is 60.5 Å². The molecular weight excluding hydrogens is 1070 g/mol. The summed E-state index contributed by atoms with van der Waals surface area (Å²) in [5, 5.41) is 8.03. The topological polar surface area (TPSA) is 249 Å². The predicted molar refractivity (Wildman–Crippen MR) is 290 cm³/mol. The van der Waals surface area contributed by atoms with Crippen LogP contribution in [-0.2, 0) is 47.2 Å². The molecule has 0 saturated carbocycles. The molecule has 2 fully saturated rings. The van der Waals surface area contributed by atoms with Gasteiger partial charge in [0.05, 0.1) is 16.0 Å². The molecule has 0 aliphatic carbocycles. The molecule has 5 N–H and O–H groups in total. The first kappa shape index (κ1) is 57.1. The Hall–Kier alpha value is -7.63. The minimum atomic E-state index is -5.86. The molecule has 2 saturated heterocycles. The number of alkyl halides is 2. The third kappa shape index (κ3) is 12.2. The molecule has 4 aromatic carbocycles. The zero-order valence-corrected chi connectivity index (χ0v) is 45.8. The van der Waals surface area contributed by atoms with Crippen molar-refractivity contribution in [3.05, 3.63) is 135 Å². The van der Waals surface area contributed by atoms with Gasteiger partial charge in [0.15, 0.2) is 6.61 Å². The fourth-order valence-electron chi connectivity index (χ4n) is 10.5. The number of hydrogen-bond acceptors (Lipinski definition) is 11. The van der Waals surface area contributed by atoms with Crippen molar-refractivity contribution in [3.8, 4) is 17.6 Å². The maximum Gasteiger partial charge on any atom is 0.399 e. The lowest BCUT2D eigenvalue weighted by molar-refractivity contribution is -0.150. The van der Waals surface area contributed by atoms with Crippen molar-refractivity contribution >= 4 is 76.3 Å². The molecule has 22 heteroatoms. The molecule has 418 valence electrons. The molecule has 5 aromatic rings. The normalized spacial score (nSPS) is 18.9. The van der Waals surface area contributed by atoms with E-state index in [4.69, 9.17) is 4.74 Å². The standard InChI is InChI=1S/C58H59F2N6O12PS/c1-57(2,3)50(63-52(70)47-30-38-27-40(18-22-46(38)80-47)58(59,60)79(75,76)77)56(74)65-32-39-28-41(19-17-36(39)29-45(65)55(73)64-25-11-15-37(31-64)35-13-8-6-9-14-35)78-33-49(68)61-24-10-5-4-7-12-34-16-20-42-43(26-34)54(72)66(53(42)71)44-21-23-48(67)62-51(44)69/h6,8-9,13-14,16-20,22,26-28,30,37,44-45,50H,4-5,10-11,15,21,23-25,29,31-33H2,1-3H3,(H,61,68)(H,63,70)(H,62,67,69)(H2,75,76,77)/t37-,44?,45-,50+/m0/s1. The number of nitrogens with one attached hydrogen (secondary N) is 3. The van der Waals surface area contributed by atoms with Crippen LogP contribution < -0.4 is 20.7 Å². The first-order valence-electron chi connectivity index (χ1n) is 26.3. The van der Waals surface area contributed by atoms with E-state index in [1.165, 1.54) is 29.2 Å². The van der Waals surface area contributed by atoms with Crippen molar-refractivity contribution in [1.82, 2.24) is 30.7 Å². The number of unbranched alkanes of at least 4 members (excludes halogenated alkanes) is 2. The van der Waals surface area contributed by atoms with Crippen LogP contribution in [0.3, 0.4) is 0 Å². The van der Waals surface area contributed by atoms with Gasteiger partial charge in [-0.05, 0) is 108 Å². The second kappa shape index (κ2) is 23.2. The molecule has 4 atom stereocenters. The number of halogens is 2. The number of rotatable bonds is 15. The van der Waals surface area contributed by atoms with E-state index in [2.05, 4.69) is 27.8 Å². The molecular formula is C58H59F2N6O12PS. The Morgan fingerprint density at radius 1 is 0.900 bits per heavy atom. The van der Waals surface area contributed by atoms with Gasteiger partial charge in [-0.2, -0.15) is 8.78 Å². The van der Waals surface area contributed by atoms with E-state index in [-0.39, 0.29) is 71.5 Å². The fourth-order valence-corrected chi connectivity index (χ4v) is 11.9. The molecule has 1 aromatic heterocycles. The van der Waals surface area contributed by atoms with E-state index in [1.54, 1.807) is 43.9 Å². The van der Waals surface area contributed by atoms with E-state index < -0.39 is 77.8 Å². The van der Waals surface area contributed by atoms with Crippen LogP contribution in [0.1, 0.15) is 130 Å². The van der Waals surface area contributed by atoms with Crippen molar-refractivity contribution in [2.24, 2.45) is 5.41 Å². The van der Waals surface area contributed by atoms with Crippen molar-refractivity contribution in [3.63, 3.8) is 0 Å². The first-order valence-corrected chi connectivity index (χ1v) is 28.7. The number of carbonyl (C=O) groups excluding carboxylic acids is 8. The number of imide groups is 2. The molecule has 0 spiro atoms. The van der Waals surface area contributed by atoms with Gasteiger partial charge < -0.3 is 35.0 Å². The monoisotopic (exact) mass is 1130 g/mol. The van der Waals surface area contributed by atoms with Crippen LogP contribution in [0, 0.1) is 17.3 Å². The summed E-state index contributed by atoms with van der Waals surface area (Å²) in [6.07, 6.45) is 3.56. The smallest absolute Gasteiger partial charge is 0.399 e. The van der Waals surface area contributed by atoms with Gasteiger partial charge in [0, 0.05) is 67.2 Å². The lowest BCUT2D eigenvalue weighted by Crippen LogP contribution is -2.61. The largest absolute Gasteiger partial charge is 0.484 e. The molecule has 80 heavy (non-hydrogen) atoms. The third-order valence-corrected chi connectivity index (χ3v) is 16.9. The lowest BCUT2D eigenvalue weighted by atomic mass is 9.83. The maximum atomic E-state index is 15.2. The Balaban J connectivity index is 0.836. The summed E-state index contributed by atoms with van der Waals surface area (Å²) in [7, 11) is -5.86. The number of likely N-dealkylation sites (tertiary alicyclic amines) is 1. The van der Waals surface area contributed by atoms with Gasteiger partial charge in [-0.25, -0.2) is 0 Å². The number of benzene rings is 4. The number of piperidine rings is 2. The van der Waals surface area contributed by atoms with Gasteiger partial charge in [0.2, 0.25) is 23.6 Å². The highest BCUT2D eigenvalue weighted by molar-refractivity contribution is 7.52. The van der Waals surface area contributed by atoms with Gasteiger partial charge in [0.25, 0.3) is 23.6 Å². The summed E-state index contributed by atoms with van der Waals surface area (Å²) in [5.74, 6) is 2.28. The van der Waals surface area contributed by atoms with E-state index in [0.717, 1.165) is 52.3 Å². The summed E-state index contributed by atoms with van der Waals surface area (Å²) in [6.45, 7) is 6.22. The second-order valence-corrected chi connectivity index (χ2v) is 24.2. The van der Waals surface area contributed by atoms with Crippen LogP contribution in [0.2, 0.25) is 0 Å². The van der Waals surface area contributed by atoms with Crippen LogP contribution in [0.25, 0.3) is 10.1 Å². The first-order chi connectivity index (χ1) is 38.0. The van der Waals surface area contributed by atoms with E-state index in [1.807, 2.05) is 36.4 Å². The second-order valence-electron chi connectivity index (χ2n) is 21.5. The molecule has 4 aliphatic heterocycles. The Morgan fingerprint density at radius 3 is 2.40 bits per heavy atom. The van der Waals surface area contributed by atoms with Crippen LogP contribution >= 0.6 is 18.9 Å². The molecule has 5 heterocycles. The molecule has 18 nitrogen and oxygen atoms in total. The molecule has 4 aliphatic rings. The lowest BCUT2D eigenvalue weighted by Gasteiger charge is -2.43. The number of nitrogens with zero attached hydrogens (tertiary/aromatic N) is 3. The molecule has 1 unspecified atom stereocenters. The van der Waals surface area contributed by atoms with Crippen molar-refractivity contribution in [2.75, 3.05) is 26.2 Å². The average Bonchev–Trinajstić information content (AvgIpc) is 3.97. The zero-order valence-electron chi connectivity index (χ0n) is 44.1. The minimum absolute atomic E-state index is 0.0194. The third-order valence-electron chi connectivity index (χ3n) is 14.8. The summed E-state index contributed by atoms with van der Waals surface area (Å²) >= 11 is 0.953. The van der Waals surface area contributed by atoms with Crippen molar-refractivity contribution in [1.29, 1.82) is 0 Å². The van der Waals surface area contributed by atoms with Gasteiger partial charge in [-0.15, -0.1) is 11.3 Å². The number of hydrogen-bond donors (Lipinski definition) is 5. The zero-order chi connectivity index (χ0) is 57.3. The number of ether oxygens (including phenoxy) is 1. The Morgan fingerprint density at radius 2 is 1.66 bits per heavy atom. The van der Waals surface area contributed by atoms with E-state index in [9.17, 15) is 56.7 Å². The highest BCUT2D eigenvalue weighted by Crippen LogP contribution is 2.59. The minimum Gasteiger partial charge on any atom is -0.484 e. The Bertz CT molecular complexity index is 3440. The number of carbonyl (C=O) groups is 8. The van der Waals surface area contributed by atoms with Crippen molar-refractivity contribution < 1.29 is 66.2 Å². The summed E-state index contributed by atoms with van der Waals surface area (Å²) in [4.78, 5) is 130. The van der Waals surface area contributed by atoms with Gasteiger partial charge in [-0.1, -0.05) is 75.1 Å². The number of amides is 8. The highest BCUT2D eigenvalue weighted by Gasteiger charge is 2.51. The summed E-state index contributed by atoms with van der Waals surface area (Å²) < 4.78 is 47.3. The quantitative estimate of drug-likeness (QED) is 0.0316. The number of thiophene rings is 1. The van der Waals surface area contributed by atoms with Gasteiger partial charge in [-0.3, -0.25) is 53.1 Å². The maximum absolute atomic E-state index is 15.2. The Kier molecular flexibility index (Phi) is 16.6. The summed E-state index contributed by atoms with van der Waals surface area (Å²) in [5.41, 5.74) is -2.92. The predicted octanol–water partition coefficient (Wildman–Crippen LogP) is 6.75. The SMILES string of the molecule is CC(C)(C)[C@H](NC(=O)c1cc2cc(C(F)(F)P(=O)(O)O)ccc2s1)C(=O)N1Cc2cc(OCC(=O)NCCCCC#Cc3ccc4c(c3)C(=O)N(C3CCC(=O)NC3=O)C4=O)ccc2C[C@H]1C(=O)N1CCC[C@H](c2ccccc2)C1. The molecule has 0 radical (unpaired) electrons. The number of fused-ring (bicyclic) bond motifs is 3. The van der Waals surface area contributed by atoms with Gasteiger partial charge >= 0.3 is 13.3 Å². The van der Waals surface area contributed by atoms with Crippen molar-refractivity contribution in [2.45, 2.75) is 108 Å². The highest BCUT2D eigenvalue weighted by atomic mass is 32.1. The molecule has 8 amide bonds. The summed E-state index contributed by atoms with van der Waals surface area (Å²) in [6, 6.07) is 21.0. The Labute approximate surface area is 463 Å². The average molecular weight is 1130 g/mol. The van der Waals surface area contributed by atoms with Crippen LogP contribution in [0.5, 0.6) is 5.75 Å². The van der Waals surface area contributed by atoms with Crippen LogP contribution in [0.15, 0.2) is 91.0 Å². The van der Waals surface area contributed by atoms with Gasteiger partial charge in [0.1, 0.15) is 23.9 Å². The molecule has 9 rings (SSSR count). The fraction of sp³-hybridized carbons (Fsp3) is 0.379. The van der Waals surface area contributed by atoms with E-state index >= 15 is 4.79 Å². The molecule has 0 bridgehead atoms. The van der Waals surface area contributed by atoms with Crippen LogP contribution in [-0.4, -0.2) is 116 Å².